The first-order chi connectivity index (χ1) is 8.25. The van der Waals surface area contributed by atoms with Crippen molar-refractivity contribution in [2.24, 2.45) is 7.05 Å². The van der Waals surface area contributed by atoms with Crippen molar-refractivity contribution in [3.63, 3.8) is 0 Å². The number of hydrogen-bond acceptors (Lipinski definition) is 2. The average molecular weight is 233 g/mol. The molecule has 17 heavy (non-hydrogen) atoms. The Morgan fingerprint density at radius 3 is 3.18 bits per heavy atom. The quantitative estimate of drug-likeness (QED) is 0.816. The first kappa shape index (κ1) is 10.7. The van der Waals surface area contributed by atoms with E-state index in [-0.39, 0.29) is 5.92 Å². The molecule has 2 unspecified atom stereocenters. The van der Waals surface area contributed by atoms with E-state index in [0.29, 0.717) is 6.42 Å². The van der Waals surface area contributed by atoms with Gasteiger partial charge in [-0.05, 0) is 30.7 Å². The van der Waals surface area contributed by atoms with Gasteiger partial charge in [-0.25, -0.2) is 9.37 Å². The number of fused-ring (bicyclic) bond motifs is 1. The molecule has 3 rings (SSSR count). The average Bonchev–Trinajstić information content (AvgIpc) is 2.71. The lowest BCUT2D eigenvalue weighted by atomic mass is 9.90. The Labute approximate surface area is 99.7 Å². The van der Waals surface area contributed by atoms with Crippen LogP contribution in [0, 0.1) is 0 Å². The van der Waals surface area contributed by atoms with E-state index in [9.17, 15) is 4.39 Å². The molecule has 3 nitrogen and oxygen atoms in total. The lowest BCUT2D eigenvalue weighted by Gasteiger charge is -2.27. The van der Waals surface area contributed by atoms with E-state index in [1.54, 1.807) is 6.33 Å². The summed E-state index contributed by atoms with van der Waals surface area (Å²) in [6.45, 7) is 1.51. The summed E-state index contributed by atoms with van der Waals surface area (Å²) in [5.74, 6) is -0.0250. The summed E-state index contributed by atoms with van der Waals surface area (Å²) in [7, 11) is 1.96. The molecule has 1 N–H and O–H groups in total. The zero-order chi connectivity index (χ0) is 11.8. The second kappa shape index (κ2) is 4.11. The fraction of sp³-hybridized carbons (Fsp3) is 0.462. The highest BCUT2D eigenvalue weighted by molar-refractivity contribution is 5.76. The monoisotopic (exact) mass is 233 g/mol. The van der Waals surface area contributed by atoms with Crippen LogP contribution in [0.15, 0.2) is 24.5 Å². The number of benzene rings is 1. The first-order valence-electron chi connectivity index (χ1n) is 6.01. The fourth-order valence-corrected chi connectivity index (χ4v) is 2.53. The highest BCUT2D eigenvalue weighted by atomic mass is 19.1. The molecule has 1 aromatic heterocycles. The van der Waals surface area contributed by atoms with Crippen LogP contribution >= 0.6 is 0 Å². The zero-order valence-electron chi connectivity index (χ0n) is 9.86. The standard InChI is InChI=1S/C13H16FN3/c1-17-8-16-12-3-2-9(6-13(12)17)10-7-15-5-4-11(10)14/h2-3,6,8,10-11,15H,4-5,7H2,1H3. The van der Waals surface area contributed by atoms with E-state index < -0.39 is 6.17 Å². The fourth-order valence-electron chi connectivity index (χ4n) is 2.53. The summed E-state index contributed by atoms with van der Waals surface area (Å²) in [6, 6.07) is 6.04. The maximum absolute atomic E-state index is 13.9. The number of hydrogen-bond donors (Lipinski definition) is 1. The van der Waals surface area contributed by atoms with Gasteiger partial charge in [-0.15, -0.1) is 0 Å². The minimum atomic E-state index is -0.734. The number of alkyl halides is 1. The highest BCUT2D eigenvalue weighted by Crippen LogP contribution is 2.28. The Bertz CT molecular complexity index is 534. The van der Waals surface area contributed by atoms with Gasteiger partial charge in [0, 0.05) is 19.5 Å². The van der Waals surface area contributed by atoms with Gasteiger partial charge in [-0.3, -0.25) is 0 Å². The number of piperidine rings is 1. The maximum Gasteiger partial charge on any atom is 0.109 e. The van der Waals surface area contributed by atoms with Crippen LogP contribution in [0.3, 0.4) is 0 Å². The van der Waals surface area contributed by atoms with Crippen LogP contribution in [0.1, 0.15) is 17.9 Å². The highest BCUT2D eigenvalue weighted by Gasteiger charge is 2.26. The number of aryl methyl sites for hydroxylation is 1. The van der Waals surface area contributed by atoms with Crippen LogP contribution in [-0.4, -0.2) is 28.8 Å². The first-order valence-corrected chi connectivity index (χ1v) is 6.01. The SMILES string of the molecule is Cn1cnc2ccc(C3CNCCC3F)cc21. The van der Waals surface area contributed by atoms with Gasteiger partial charge in [0.15, 0.2) is 0 Å². The van der Waals surface area contributed by atoms with Crippen molar-refractivity contribution in [2.45, 2.75) is 18.5 Å². The summed E-state index contributed by atoms with van der Waals surface area (Å²) in [6.07, 6.45) is 1.66. The third-order valence-corrected chi connectivity index (χ3v) is 3.58. The minimum absolute atomic E-state index is 0.0250. The minimum Gasteiger partial charge on any atom is -0.334 e. The number of imidazole rings is 1. The smallest absolute Gasteiger partial charge is 0.109 e. The van der Waals surface area contributed by atoms with Gasteiger partial charge in [0.2, 0.25) is 0 Å². The van der Waals surface area contributed by atoms with E-state index in [0.717, 1.165) is 29.7 Å². The molecule has 4 heteroatoms. The molecule has 0 bridgehead atoms. The van der Waals surface area contributed by atoms with Crippen LogP contribution in [-0.2, 0) is 7.05 Å². The number of rotatable bonds is 1. The summed E-state index contributed by atoms with van der Waals surface area (Å²) >= 11 is 0. The van der Waals surface area contributed by atoms with Gasteiger partial charge in [0.25, 0.3) is 0 Å². The molecule has 1 aromatic carbocycles. The molecule has 2 heterocycles. The third-order valence-electron chi connectivity index (χ3n) is 3.58. The Balaban J connectivity index is 2.01. The maximum atomic E-state index is 13.9. The van der Waals surface area contributed by atoms with Crippen LogP contribution in [0.25, 0.3) is 11.0 Å². The lowest BCUT2D eigenvalue weighted by molar-refractivity contribution is 0.228. The molecule has 90 valence electrons. The zero-order valence-corrected chi connectivity index (χ0v) is 9.86. The molecule has 1 aliphatic rings. The third kappa shape index (κ3) is 1.82. The van der Waals surface area contributed by atoms with Crippen molar-refractivity contribution < 1.29 is 4.39 Å². The molecule has 2 atom stereocenters. The number of halogens is 1. The van der Waals surface area contributed by atoms with Crippen molar-refractivity contribution in [1.29, 1.82) is 0 Å². The molecule has 2 aromatic rings. The van der Waals surface area contributed by atoms with Gasteiger partial charge in [-0.2, -0.15) is 0 Å². The van der Waals surface area contributed by atoms with Gasteiger partial charge in [-0.1, -0.05) is 6.07 Å². The topological polar surface area (TPSA) is 29.9 Å². The van der Waals surface area contributed by atoms with Gasteiger partial charge in [0.1, 0.15) is 6.17 Å². The van der Waals surface area contributed by atoms with Gasteiger partial charge >= 0.3 is 0 Å². The number of aromatic nitrogens is 2. The molecule has 0 saturated carbocycles. The van der Waals surface area contributed by atoms with Crippen molar-refractivity contribution in [2.75, 3.05) is 13.1 Å². The van der Waals surface area contributed by atoms with Crippen molar-refractivity contribution in [1.82, 2.24) is 14.9 Å². The molecular formula is C13H16FN3. The van der Waals surface area contributed by atoms with Crippen LogP contribution in [0.5, 0.6) is 0 Å². The Morgan fingerprint density at radius 1 is 1.47 bits per heavy atom. The van der Waals surface area contributed by atoms with E-state index >= 15 is 0 Å². The number of nitrogens with zero attached hydrogens (tertiary/aromatic N) is 2. The van der Waals surface area contributed by atoms with E-state index in [4.69, 9.17) is 0 Å². The van der Waals surface area contributed by atoms with Crippen LogP contribution in [0.2, 0.25) is 0 Å². The summed E-state index contributed by atoms with van der Waals surface area (Å²) in [4.78, 5) is 4.28. The summed E-state index contributed by atoms with van der Waals surface area (Å²) < 4.78 is 15.9. The van der Waals surface area contributed by atoms with Crippen LogP contribution < -0.4 is 5.32 Å². The Morgan fingerprint density at radius 2 is 2.35 bits per heavy atom. The van der Waals surface area contributed by atoms with Gasteiger partial charge in [0.05, 0.1) is 17.4 Å². The number of nitrogens with one attached hydrogen (secondary N) is 1. The molecule has 0 radical (unpaired) electrons. The van der Waals surface area contributed by atoms with Gasteiger partial charge < -0.3 is 9.88 Å². The second-order valence-electron chi connectivity index (χ2n) is 4.72. The Kier molecular flexibility index (Phi) is 2.59. The molecule has 1 saturated heterocycles. The summed E-state index contributed by atoms with van der Waals surface area (Å²) in [5, 5.41) is 3.26. The predicted molar refractivity (Wildman–Crippen MR) is 65.8 cm³/mol. The van der Waals surface area contributed by atoms with E-state index in [1.807, 2.05) is 23.7 Å². The second-order valence-corrected chi connectivity index (χ2v) is 4.72. The Hall–Kier alpha value is -1.42. The normalized spacial score (nSPS) is 25.3. The molecule has 0 amide bonds. The molecule has 1 aliphatic heterocycles. The van der Waals surface area contributed by atoms with Crippen molar-refractivity contribution in [3.05, 3.63) is 30.1 Å². The molecule has 0 spiro atoms. The summed E-state index contributed by atoms with van der Waals surface area (Å²) in [5.41, 5.74) is 3.11. The predicted octanol–water partition coefficient (Wildman–Crippen LogP) is 1.99. The van der Waals surface area contributed by atoms with Crippen molar-refractivity contribution in [3.8, 4) is 0 Å². The lowest BCUT2D eigenvalue weighted by Crippen LogP contribution is -2.36. The molecule has 0 aliphatic carbocycles. The van der Waals surface area contributed by atoms with Crippen LogP contribution in [0.4, 0.5) is 4.39 Å². The van der Waals surface area contributed by atoms with E-state index in [1.165, 1.54) is 0 Å². The van der Waals surface area contributed by atoms with E-state index in [2.05, 4.69) is 16.4 Å². The molecular weight excluding hydrogens is 217 g/mol. The largest absolute Gasteiger partial charge is 0.334 e. The van der Waals surface area contributed by atoms with Crippen molar-refractivity contribution >= 4 is 11.0 Å². The molecule has 1 fully saturated rings.